The molecule has 21 heavy (non-hydrogen) atoms. The molecule has 0 saturated heterocycles. The van der Waals surface area contributed by atoms with E-state index in [2.05, 4.69) is 13.8 Å². The molecular weight excluding hydrogens is 264 g/mol. The van der Waals surface area contributed by atoms with Gasteiger partial charge in [0.2, 0.25) is 0 Å². The Morgan fingerprint density at radius 2 is 1.90 bits per heavy atom. The number of carbonyl (C=O) groups excluding carboxylic acids is 1. The zero-order chi connectivity index (χ0) is 15.2. The lowest BCUT2D eigenvalue weighted by Gasteiger charge is -2.26. The van der Waals surface area contributed by atoms with Crippen LogP contribution in [-0.2, 0) is 16.1 Å². The van der Waals surface area contributed by atoms with Crippen molar-refractivity contribution in [3.05, 3.63) is 35.9 Å². The molecule has 0 aromatic heterocycles. The average Bonchev–Trinajstić information content (AvgIpc) is 2.59. The molecule has 2 rings (SSSR count). The summed E-state index contributed by atoms with van der Waals surface area (Å²) in [7, 11) is 0. The fraction of sp³-hybridized carbons (Fsp3) is 0.611. The summed E-state index contributed by atoms with van der Waals surface area (Å²) in [5.41, 5.74) is 1.02. The van der Waals surface area contributed by atoms with Crippen molar-refractivity contribution in [2.75, 3.05) is 0 Å². The molecule has 116 valence electrons. The van der Waals surface area contributed by atoms with Crippen LogP contribution in [0.4, 0.5) is 0 Å². The molecule has 1 N–H and O–H groups in total. The monoisotopic (exact) mass is 290 g/mol. The summed E-state index contributed by atoms with van der Waals surface area (Å²) < 4.78 is 5.39. The second kappa shape index (κ2) is 7.60. The largest absolute Gasteiger partial charge is 0.461 e. The van der Waals surface area contributed by atoms with E-state index in [-0.39, 0.29) is 12.1 Å². The van der Waals surface area contributed by atoms with Crippen LogP contribution in [0.3, 0.4) is 0 Å². The van der Waals surface area contributed by atoms with Crippen molar-refractivity contribution in [2.24, 2.45) is 17.8 Å². The highest BCUT2D eigenvalue weighted by Crippen LogP contribution is 2.35. The molecule has 4 unspecified atom stereocenters. The van der Waals surface area contributed by atoms with Gasteiger partial charge in [0.05, 0.1) is 6.10 Å². The predicted molar refractivity (Wildman–Crippen MR) is 82.5 cm³/mol. The first kappa shape index (κ1) is 16.0. The Balaban J connectivity index is 1.85. The Kier molecular flexibility index (Phi) is 5.80. The number of hydrogen-bond acceptors (Lipinski definition) is 3. The minimum absolute atomic E-state index is 0.126. The summed E-state index contributed by atoms with van der Waals surface area (Å²) in [6.45, 7) is 4.67. The molecule has 1 aromatic carbocycles. The van der Waals surface area contributed by atoms with E-state index in [4.69, 9.17) is 4.74 Å². The van der Waals surface area contributed by atoms with Gasteiger partial charge in [-0.05, 0) is 42.6 Å². The summed E-state index contributed by atoms with van der Waals surface area (Å²) in [4.78, 5) is 12.1. The van der Waals surface area contributed by atoms with E-state index in [1.54, 1.807) is 0 Å². The molecule has 3 nitrogen and oxygen atoms in total. The Bertz CT molecular complexity index is 443. The molecule has 1 aliphatic rings. The Morgan fingerprint density at radius 1 is 1.19 bits per heavy atom. The minimum atomic E-state index is -0.215. The van der Waals surface area contributed by atoms with Gasteiger partial charge in [0.1, 0.15) is 6.61 Å². The van der Waals surface area contributed by atoms with Crippen molar-refractivity contribution in [3.63, 3.8) is 0 Å². The van der Waals surface area contributed by atoms with Gasteiger partial charge in [-0.25, -0.2) is 0 Å². The number of ether oxygens (including phenoxy) is 1. The lowest BCUT2D eigenvalue weighted by Crippen LogP contribution is -2.23. The van der Waals surface area contributed by atoms with Crippen molar-refractivity contribution in [2.45, 2.75) is 52.2 Å². The van der Waals surface area contributed by atoms with Crippen LogP contribution in [0.1, 0.15) is 45.1 Å². The molecule has 4 atom stereocenters. The van der Waals surface area contributed by atoms with Gasteiger partial charge in [0, 0.05) is 6.42 Å². The number of carbonyl (C=O) groups is 1. The van der Waals surface area contributed by atoms with Crippen molar-refractivity contribution in [1.29, 1.82) is 0 Å². The molecule has 0 heterocycles. The number of hydrogen-bond donors (Lipinski definition) is 1. The average molecular weight is 290 g/mol. The van der Waals surface area contributed by atoms with Crippen LogP contribution in [0.25, 0.3) is 0 Å². The maximum absolute atomic E-state index is 12.1. The van der Waals surface area contributed by atoms with Crippen molar-refractivity contribution in [3.8, 4) is 0 Å². The molecule has 3 heteroatoms. The second-order valence-corrected chi connectivity index (χ2v) is 6.44. The SMILES string of the molecule is CC1CCC(O)CC(C)C1CC(=O)OCc1ccccc1. The second-order valence-electron chi connectivity index (χ2n) is 6.44. The molecule has 1 saturated carbocycles. The first-order chi connectivity index (χ1) is 10.1. The summed E-state index contributed by atoms with van der Waals surface area (Å²) in [6, 6.07) is 9.76. The molecule has 0 spiro atoms. The third-order valence-corrected chi connectivity index (χ3v) is 4.71. The van der Waals surface area contributed by atoms with E-state index in [1.165, 1.54) is 0 Å². The number of benzene rings is 1. The topological polar surface area (TPSA) is 46.5 Å². The molecule has 1 aromatic rings. The van der Waals surface area contributed by atoms with Gasteiger partial charge in [-0.1, -0.05) is 44.2 Å². The van der Waals surface area contributed by atoms with E-state index < -0.39 is 0 Å². The summed E-state index contributed by atoms with van der Waals surface area (Å²) in [6.07, 6.45) is 2.87. The van der Waals surface area contributed by atoms with Crippen LogP contribution in [0.2, 0.25) is 0 Å². The van der Waals surface area contributed by atoms with E-state index >= 15 is 0 Å². The highest BCUT2D eigenvalue weighted by molar-refractivity contribution is 5.69. The van der Waals surface area contributed by atoms with Gasteiger partial charge in [0.15, 0.2) is 0 Å². The van der Waals surface area contributed by atoms with Crippen LogP contribution < -0.4 is 0 Å². The van der Waals surface area contributed by atoms with Gasteiger partial charge >= 0.3 is 5.97 Å². The van der Waals surface area contributed by atoms with Crippen molar-refractivity contribution < 1.29 is 14.6 Å². The summed E-state index contributed by atoms with van der Waals surface area (Å²) in [5, 5.41) is 9.87. The van der Waals surface area contributed by atoms with E-state index in [0.29, 0.717) is 30.8 Å². The summed E-state index contributed by atoms with van der Waals surface area (Å²) in [5.74, 6) is 1.01. The smallest absolute Gasteiger partial charge is 0.306 e. The standard InChI is InChI=1S/C18H26O3/c1-13-8-9-16(19)10-14(2)17(13)11-18(20)21-12-15-6-4-3-5-7-15/h3-7,13-14,16-17,19H,8-12H2,1-2H3. The van der Waals surface area contributed by atoms with Crippen molar-refractivity contribution in [1.82, 2.24) is 0 Å². The maximum Gasteiger partial charge on any atom is 0.306 e. The zero-order valence-corrected chi connectivity index (χ0v) is 13.0. The molecule has 0 bridgehead atoms. The first-order valence-corrected chi connectivity index (χ1v) is 7.94. The molecule has 1 fully saturated rings. The molecule has 0 radical (unpaired) electrons. The fourth-order valence-electron chi connectivity index (χ4n) is 3.34. The Hall–Kier alpha value is -1.35. The fourth-order valence-corrected chi connectivity index (χ4v) is 3.34. The molecule has 1 aliphatic carbocycles. The lowest BCUT2D eigenvalue weighted by molar-refractivity contribution is -0.147. The Labute approximate surface area is 127 Å². The van der Waals surface area contributed by atoms with Gasteiger partial charge in [-0.2, -0.15) is 0 Å². The first-order valence-electron chi connectivity index (χ1n) is 7.94. The highest BCUT2D eigenvalue weighted by Gasteiger charge is 2.31. The molecule has 0 aliphatic heterocycles. The van der Waals surface area contributed by atoms with E-state index in [9.17, 15) is 9.90 Å². The highest BCUT2D eigenvalue weighted by atomic mass is 16.5. The minimum Gasteiger partial charge on any atom is -0.461 e. The zero-order valence-electron chi connectivity index (χ0n) is 13.0. The van der Waals surface area contributed by atoms with Crippen LogP contribution in [-0.4, -0.2) is 17.2 Å². The normalized spacial score (nSPS) is 29.7. The Morgan fingerprint density at radius 3 is 2.62 bits per heavy atom. The molecule has 0 amide bonds. The number of rotatable bonds is 4. The van der Waals surface area contributed by atoms with Gasteiger partial charge in [-0.15, -0.1) is 0 Å². The van der Waals surface area contributed by atoms with E-state index in [1.807, 2.05) is 30.3 Å². The van der Waals surface area contributed by atoms with Crippen molar-refractivity contribution >= 4 is 5.97 Å². The van der Waals surface area contributed by atoms with Crippen LogP contribution >= 0.6 is 0 Å². The number of esters is 1. The number of aliphatic hydroxyl groups excluding tert-OH is 1. The van der Waals surface area contributed by atoms with Crippen LogP contribution in [0, 0.1) is 17.8 Å². The van der Waals surface area contributed by atoms with E-state index in [0.717, 1.165) is 24.8 Å². The van der Waals surface area contributed by atoms with Gasteiger partial charge in [0.25, 0.3) is 0 Å². The summed E-state index contributed by atoms with van der Waals surface area (Å²) >= 11 is 0. The van der Waals surface area contributed by atoms with Crippen LogP contribution in [0.5, 0.6) is 0 Å². The number of aliphatic hydroxyl groups is 1. The lowest BCUT2D eigenvalue weighted by atomic mass is 9.80. The third-order valence-electron chi connectivity index (χ3n) is 4.71. The van der Waals surface area contributed by atoms with Gasteiger partial charge < -0.3 is 9.84 Å². The van der Waals surface area contributed by atoms with Crippen LogP contribution in [0.15, 0.2) is 30.3 Å². The predicted octanol–water partition coefficient (Wildman–Crippen LogP) is 3.55. The van der Waals surface area contributed by atoms with Gasteiger partial charge in [-0.3, -0.25) is 4.79 Å². The maximum atomic E-state index is 12.1. The molecular formula is C18H26O3. The third kappa shape index (κ3) is 4.85. The quantitative estimate of drug-likeness (QED) is 0.681.